The number of para-hydroxylation sites is 1. The first-order valence-electron chi connectivity index (χ1n) is 13.9. The SMILES string of the molecule is COc1ccc(S(=O)(=O)N(Cc2ccccc2)c2ccccc2C(=O)N[C@H](C)c2cc(C(C)C)c(OC)cc2C)cc1. The molecule has 0 unspecified atom stereocenters. The summed E-state index contributed by atoms with van der Waals surface area (Å²) in [5.41, 5.74) is 4.35. The first kappa shape index (κ1) is 30.7. The second-order valence-corrected chi connectivity index (χ2v) is 12.4. The number of nitrogens with one attached hydrogen (secondary N) is 1. The zero-order valence-electron chi connectivity index (χ0n) is 24.9. The Bertz CT molecular complexity index is 1630. The summed E-state index contributed by atoms with van der Waals surface area (Å²) in [7, 11) is -0.877. The Hall–Kier alpha value is -4.30. The van der Waals surface area contributed by atoms with E-state index in [-0.39, 0.29) is 40.6 Å². The van der Waals surface area contributed by atoms with Gasteiger partial charge in [0.15, 0.2) is 0 Å². The van der Waals surface area contributed by atoms with Crippen LogP contribution in [-0.4, -0.2) is 28.5 Å². The Kier molecular flexibility index (Phi) is 9.58. The number of anilines is 1. The van der Waals surface area contributed by atoms with E-state index < -0.39 is 10.0 Å². The zero-order chi connectivity index (χ0) is 30.4. The van der Waals surface area contributed by atoms with Crippen LogP contribution in [0.5, 0.6) is 11.5 Å². The normalized spacial score (nSPS) is 12.1. The third kappa shape index (κ3) is 6.60. The van der Waals surface area contributed by atoms with Crippen LogP contribution in [0.3, 0.4) is 0 Å². The van der Waals surface area contributed by atoms with E-state index >= 15 is 0 Å². The lowest BCUT2D eigenvalue weighted by Gasteiger charge is -2.27. The maximum absolute atomic E-state index is 14.1. The highest BCUT2D eigenvalue weighted by Crippen LogP contribution is 2.33. The fourth-order valence-corrected chi connectivity index (χ4v) is 6.44. The number of carbonyl (C=O) groups excluding carboxylic acids is 1. The summed E-state index contributed by atoms with van der Waals surface area (Å²) in [6.07, 6.45) is 0. The van der Waals surface area contributed by atoms with E-state index in [4.69, 9.17) is 9.47 Å². The van der Waals surface area contributed by atoms with Crippen molar-refractivity contribution in [2.75, 3.05) is 18.5 Å². The molecule has 4 rings (SSSR count). The van der Waals surface area contributed by atoms with Crippen molar-refractivity contribution in [2.45, 2.75) is 51.1 Å². The second kappa shape index (κ2) is 13.1. The van der Waals surface area contributed by atoms with Crippen molar-refractivity contribution in [1.82, 2.24) is 5.32 Å². The molecule has 8 heteroatoms. The van der Waals surface area contributed by atoms with Crippen LogP contribution < -0.4 is 19.1 Å². The molecule has 0 fully saturated rings. The number of hydrogen-bond donors (Lipinski definition) is 1. The minimum atomic E-state index is -4.06. The summed E-state index contributed by atoms with van der Waals surface area (Å²) >= 11 is 0. The van der Waals surface area contributed by atoms with E-state index in [2.05, 4.69) is 25.2 Å². The number of amides is 1. The average molecular weight is 587 g/mol. The molecule has 4 aromatic carbocycles. The molecule has 4 aromatic rings. The number of ether oxygens (including phenoxy) is 2. The summed E-state index contributed by atoms with van der Waals surface area (Å²) in [4.78, 5) is 13.9. The standard InChI is InChI=1S/C34H38N2O5S/c1-23(2)30-21-31(24(3)20-33(30)41-6)25(4)35-34(37)29-14-10-11-15-32(29)36(22-26-12-8-7-9-13-26)42(38,39)28-18-16-27(40-5)17-19-28/h7-21,23,25H,22H2,1-6H3,(H,35,37)/t25-/m1/s1. The highest BCUT2D eigenvalue weighted by Gasteiger charge is 2.29. The monoisotopic (exact) mass is 586 g/mol. The maximum atomic E-state index is 14.1. The topological polar surface area (TPSA) is 84.9 Å². The number of nitrogens with zero attached hydrogens (tertiary/aromatic N) is 1. The minimum absolute atomic E-state index is 0.0460. The number of aryl methyl sites for hydroxylation is 1. The van der Waals surface area contributed by atoms with Crippen LogP contribution in [-0.2, 0) is 16.6 Å². The van der Waals surface area contributed by atoms with Gasteiger partial charge in [0.1, 0.15) is 11.5 Å². The van der Waals surface area contributed by atoms with Gasteiger partial charge >= 0.3 is 0 Å². The van der Waals surface area contributed by atoms with Crippen LogP contribution in [0.1, 0.15) is 65.3 Å². The van der Waals surface area contributed by atoms with Crippen molar-refractivity contribution in [3.8, 4) is 11.5 Å². The van der Waals surface area contributed by atoms with Crippen molar-refractivity contribution in [3.63, 3.8) is 0 Å². The number of carbonyl (C=O) groups is 1. The lowest BCUT2D eigenvalue weighted by molar-refractivity contribution is 0.0940. The largest absolute Gasteiger partial charge is 0.497 e. The van der Waals surface area contributed by atoms with Gasteiger partial charge in [0.2, 0.25) is 0 Å². The molecule has 42 heavy (non-hydrogen) atoms. The molecule has 0 radical (unpaired) electrons. The molecule has 1 amide bonds. The minimum Gasteiger partial charge on any atom is -0.497 e. The van der Waals surface area contributed by atoms with Crippen molar-refractivity contribution >= 4 is 21.6 Å². The molecule has 0 aliphatic heterocycles. The van der Waals surface area contributed by atoms with Crippen LogP contribution in [0.2, 0.25) is 0 Å². The third-order valence-corrected chi connectivity index (χ3v) is 9.06. The van der Waals surface area contributed by atoms with Gasteiger partial charge in [0.05, 0.1) is 43.0 Å². The van der Waals surface area contributed by atoms with Crippen LogP contribution in [0.15, 0.2) is 95.9 Å². The van der Waals surface area contributed by atoms with Gasteiger partial charge in [-0.3, -0.25) is 9.10 Å². The molecule has 7 nitrogen and oxygen atoms in total. The van der Waals surface area contributed by atoms with Crippen molar-refractivity contribution in [3.05, 3.63) is 119 Å². The molecule has 0 bridgehead atoms. The molecule has 0 aromatic heterocycles. The Labute approximate surface area is 249 Å². The summed E-state index contributed by atoms with van der Waals surface area (Å²) < 4.78 is 40.3. The Morgan fingerprint density at radius 2 is 1.48 bits per heavy atom. The number of benzene rings is 4. The lowest BCUT2D eigenvalue weighted by atomic mass is 9.93. The Morgan fingerprint density at radius 3 is 2.10 bits per heavy atom. The van der Waals surface area contributed by atoms with E-state index in [1.165, 1.54) is 23.5 Å². The fourth-order valence-electron chi connectivity index (χ4n) is 4.97. The predicted octanol–water partition coefficient (Wildman–Crippen LogP) is 7.02. The Balaban J connectivity index is 1.74. The highest BCUT2D eigenvalue weighted by atomic mass is 32.2. The molecular formula is C34H38N2O5S. The molecule has 0 saturated carbocycles. The molecule has 0 saturated heterocycles. The van der Waals surface area contributed by atoms with E-state index in [0.717, 1.165) is 28.0 Å². The van der Waals surface area contributed by atoms with E-state index in [9.17, 15) is 13.2 Å². The van der Waals surface area contributed by atoms with Gasteiger partial charge in [-0.15, -0.1) is 0 Å². The molecular weight excluding hydrogens is 548 g/mol. The quantitative estimate of drug-likeness (QED) is 0.204. The van der Waals surface area contributed by atoms with Crippen LogP contribution in [0.25, 0.3) is 0 Å². The smallest absolute Gasteiger partial charge is 0.264 e. The summed E-state index contributed by atoms with van der Waals surface area (Å²) in [5, 5.41) is 3.10. The third-order valence-electron chi connectivity index (χ3n) is 7.29. The number of rotatable bonds is 11. The van der Waals surface area contributed by atoms with Gasteiger partial charge in [0.25, 0.3) is 15.9 Å². The van der Waals surface area contributed by atoms with Crippen LogP contribution >= 0.6 is 0 Å². The second-order valence-electron chi connectivity index (χ2n) is 10.5. The first-order valence-corrected chi connectivity index (χ1v) is 15.3. The predicted molar refractivity (Wildman–Crippen MR) is 167 cm³/mol. The molecule has 0 spiro atoms. The van der Waals surface area contributed by atoms with Gasteiger partial charge < -0.3 is 14.8 Å². The van der Waals surface area contributed by atoms with Gasteiger partial charge in [0, 0.05) is 0 Å². The van der Waals surface area contributed by atoms with E-state index in [1.807, 2.05) is 50.2 Å². The molecule has 0 heterocycles. The number of hydrogen-bond acceptors (Lipinski definition) is 5. The Morgan fingerprint density at radius 1 is 0.833 bits per heavy atom. The summed E-state index contributed by atoms with van der Waals surface area (Å²) in [6, 6.07) is 26.1. The van der Waals surface area contributed by atoms with Gasteiger partial charge in [-0.05, 0) is 90.6 Å². The van der Waals surface area contributed by atoms with Crippen molar-refractivity contribution in [1.29, 1.82) is 0 Å². The summed E-state index contributed by atoms with van der Waals surface area (Å²) in [6.45, 7) is 8.16. The fraction of sp³-hybridized carbons (Fsp3) is 0.265. The average Bonchev–Trinajstić information content (AvgIpc) is 2.99. The maximum Gasteiger partial charge on any atom is 0.264 e. The lowest BCUT2D eigenvalue weighted by Crippen LogP contribution is -2.34. The van der Waals surface area contributed by atoms with Crippen molar-refractivity contribution in [2.24, 2.45) is 0 Å². The first-order chi connectivity index (χ1) is 20.1. The molecule has 1 N–H and O–H groups in total. The van der Waals surface area contributed by atoms with Gasteiger partial charge in [-0.1, -0.05) is 56.3 Å². The van der Waals surface area contributed by atoms with E-state index in [1.54, 1.807) is 43.5 Å². The summed E-state index contributed by atoms with van der Waals surface area (Å²) in [5.74, 6) is 1.22. The zero-order valence-corrected chi connectivity index (χ0v) is 25.7. The molecule has 0 aliphatic carbocycles. The highest BCUT2D eigenvalue weighted by molar-refractivity contribution is 7.92. The molecule has 220 valence electrons. The number of sulfonamides is 1. The van der Waals surface area contributed by atoms with Gasteiger partial charge in [-0.2, -0.15) is 0 Å². The molecule has 0 aliphatic rings. The van der Waals surface area contributed by atoms with Gasteiger partial charge in [-0.25, -0.2) is 8.42 Å². The number of methoxy groups -OCH3 is 2. The van der Waals surface area contributed by atoms with Crippen molar-refractivity contribution < 1.29 is 22.7 Å². The van der Waals surface area contributed by atoms with E-state index in [0.29, 0.717) is 5.75 Å². The van der Waals surface area contributed by atoms with Crippen LogP contribution in [0.4, 0.5) is 5.69 Å². The molecule has 1 atom stereocenters. The van der Waals surface area contributed by atoms with Crippen LogP contribution in [0, 0.1) is 6.92 Å².